The van der Waals surface area contributed by atoms with Crippen LogP contribution < -0.4 is 11.3 Å². The number of H-pyrrole nitrogens is 1. The van der Waals surface area contributed by atoms with Crippen molar-refractivity contribution in [3.05, 3.63) is 27.2 Å². The fraction of sp³-hybridized carbons (Fsp3) is 0.583. The van der Waals surface area contributed by atoms with Crippen LogP contribution in [0.3, 0.4) is 0 Å². The van der Waals surface area contributed by atoms with Crippen molar-refractivity contribution in [3.8, 4) is 0 Å². The molecule has 3 heteroatoms. The predicted molar refractivity (Wildman–Crippen MR) is 60.1 cm³/mol. The average molecular weight is 204 g/mol. The van der Waals surface area contributed by atoms with Gasteiger partial charge in [-0.05, 0) is 55.6 Å². The molecule has 1 fully saturated rings. The van der Waals surface area contributed by atoms with Crippen molar-refractivity contribution in [2.75, 3.05) is 5.73 Å². The number of anilines is 1. The molecule has 0 bridgehead atoms. The van der Waals surface area contributed by atoms with Crippen LogP contribution in [0.25, 0.3) is 0 Å². The summed E-state index contributed by atoms with van der Waals surface area (Å²) in [7, 11) is 0. The molecule has 1 saturated carbocycles. The lowest BCUT2D eigenvalue weighted by atomic mass is 9.89. The maximum absolute atomic E-state index is 11.7. The fourth-order valence-corrected chi connectivity index (χ4v) is 2.62. The maximum atomic E-state index is 11.7. The van der Waals surface area contributed by atoms with Crippen LogP contribution in [-0.4, -0.2) is 4.98 Å². The first-order valence-corrected chi connectivity index (χ1v) is 5.81. The van der Waals surface area contributed by atoms with E-state index >= 15 is 0 Å². The molecule has 2 aliphatic carbocycles. The number of rotatable bonds is 1. The number of nitrogens with one attached hydrogen (secondary N) is 1. The number of hydrogen-bond donors (Lipinski definition) is 2. The summed E-state index contributed by atoms with van der Waals surface area (Å²) in [6, 6.07) is 0. The lowest BCUT2D eigenvalue weighted by Gasteiger charge is -2.20. The van der Waals surface area contributed by atoms with Gasteiger partial charge < -0.3 is 10.7 Å². The van der Waals surface area contributed by atoms with Gasteiger partial charge in [-0.2, -0.15) is 0 Å². The molecule has 0 amide bonds. The Morgan fingerprint density at radius 1 is 1.13 bits per heavy atom. The van der Waals surface area contributed by atoms with E-state index in [-0.39, 0.29) is 5.56 Å². The summed E-state index contributed by atoms with van der Waals surface area (Å²) >= 11 is 0. The number of aromatic nitrogens is 1. The minimum Gasteiger partial charge on any atom is -0.394 e. The molecule has 0 aromatic carbocycles. The molecular weight excluding hydrogens is 188 g/mol. The van der Waals surface area contributed by atoms with Gasteiger partial charge in [0.2, 0.25) is 0 Å². The summed E-state index contributed by atoms with van der Waals surface area (Å²) in [6.07, 6.45) is 6.95. The van der Waals surface area contributed by atoms with Crippen molar-refractivity contribution in [1.29, 1.82) is 0 Å². The van der Waals surface area contributed by atoms with Gasteiger partial charge in [0.1, 0.15) is 5.69 Å². The zero-order valence-corrected chi connectivity index (χ0v) is 8.81. The monoisotopic (exact) mass is 204 g/mol. The van der Waals surface area contributed by atoms with E-state index in [1.807, 2.05) is 0 Å². The van der Waals surface area contributed by atoms with Crippen molar-refractivity contribution in [3.63, 3.8) is 0 Å². The number of nitrogen functional groups attached to an aromatic ring is 1. The number of hydrogen-bond acceptors (Lipinski definition) is 2. The summed E-state index contributed by atoms with van der Waals surface area (Å²) < 4.78 is 0. The predicted octanol–water partition coefficient (Wildman–Crippen LogP) is 1.71. The standard InChI is InChI=1S/C12H16N2O/c13-10-8-3-1-2-4-9(8)11(7-5-6-7)14-12(10)15/h7H,1-6,13H2,(H,14,15). The largest absolute Gasteiger partial charge is 0.394 e. The molecular formula is C12H16N2O. The normalized spacial score (nSPS) is 20.0. The van der Waals surface area contributed by atoms with Gasteiger partial charge in [0, 0.05) is 5.69 Å². The second kappa shape index (κ2) is 3.12. The highest BCUT2D eigenvalue weighted by Crippen LogP contribution is 2.42. The van der Waals surface area contributed by atoms with Crippen molar-refractivity contribution in [1.82, 2.24) is 4.98 Å². The van der Waals surface area contributed by atoms with E-state index in [2.05, 4.69) is 4.98 Å². The van der Waals surface area contributed by atoms with Crippen molar-refractivity contribution in [2.45, 2.75) is 44.4 Å². The molecule has 0 atom stereocenters. The smallest absolute Gasteiger partial charge is 0.271 e. The quantitative estimate of drug-likeness (QED) is 0.731. The second-order valence-electron chi connectivity index (χ2n) is 4.72. The minimum absolute atomic E-state index is 0.0717. The Morgan fingerprint density at radius 2 is 1.80 bits per heavy atom. The van der Waals surface area contributed by atoms with Crippen LogP contribution in [0.4, 0.5) is 5.69 Å². The molecule has 0 saturated heterocycles. The van der Waals surface area contributed by atoms with Crippen LogP contribution in [0.15, 0.2) is 4.79 Å². The van der Waals surface area contributed by atoms with E-state index in [4.69, 9.17) is 5.73 Å². The lowest BCUT2D eigenvalue weighted by molar-refractivity contribution is 0.672. The molecule has 3 nitrogen and oxygen atoms in total. The first-order chi connectivity index (χ1) is 7.27. The minimum atomic E-state index is -0.0717. The Hall–Kier alpha value is -1.25. The third-order valence-electron chi connectivity index (χ3n) is 3.60. The van der Waals surface area contributed by atoms with E-state index in [0.29, 0.717) is 11.6 Å². The van der Waals surface area contributed by atoms with Crippen molar-refractivity contribution >= 4 is 5.69 Å². The molecule has 1 aromatic rings. The third kappa shape index (κ3) is 1.37. The van der Waals surface area contributed by atoms with Crippen molar-refractivity contribution < 1.29 is 0 Å². The first-order valence-electron chi connectivity index (χ1n) is 5.81. The Morgan fingerprint density at radius 3 is 2.47 bits per heavy atom. The van der Waals surface area contributed by atoms with Crippen LogP contribution in [0.2, 0.25) is 0 Å². The Balaban J connectivity index is 2.22. The molecule has 1 heterocycles. The molecule has 2 aliphatic rings. The molecule has 0 spiro atoms. The molecule has 0 aliphatic heterocycles. The lowest BCUT2D eigenvalue weighted by Crippen LogP contribution is -2.21. The highest BCUT2D eigenvalue weighted by molar-refractivity contribution is 5.52. The number of aromatic amines is 1. The average Bonchev–Trinajstić information content (AvgIpc) is 3.07. The molecule has 80 valence electrons. The topological polar surface area (TPSA) is 58.9 Å². The summed E-state index contributed by atoms with van der Waals surface area (Å²) in [4.78, 5) is 14.6. The highest BCUT2D eigenvalue weighted by atomic mass is 16.1. The summed E-state index contributed by atoms with van der Waals surface area (Å²) in [5.41, 5.74) is 9.95. The maximum Gasteiger partial charge on any atom is 0.271 e. The first kappa shape index (κ1) is 9.01. The van der Waals surface area contributed by atoms with E-state index in [1.165, 1.54) is 36.9 Å². The van der Waals surface area contributed by atoms with E-state index in [0.717, 1.165) is 18.4 Å². The van der Waals surface area contributed by atoms with Gasteiger partial charge in [0.25, 0.3) is 5.56 Å². The Bertz CT molecular complexity index is 457. The summed E-state index contributed by atoms with van der Waals surface area (Å²) in [5.74, 6) is 0.616. The van der Waals surface area contributed by atoms with E-state index in [9.17, 15) is 4.79 Å². The van der Waals surface area contributed by atoms with Crippen LogP contribution >= 0.6 is 0 Å². The number of fused-ring (bicyclic) bond motifs is 1. The summed E-state index contributed by atoms with van der Waals surface area (Å²) in [6.45, 7) is 0. The SMILES string of the molecule is Nc1c2c(c(C3CC3)[nH]c1=O)CCCC2. The Labute approximate surface area is 88.7 Å². The highest BCUT2D eigenvalue weighted by Gasteiger charge is 2.30. The Kier molecular flexibility index (Phi) is 1.87. The van der Waals surface area contributed by atoms with Gasteiger partial charge in [-0.25, -0.2) is 0 Å². The number of pyridine rings is 1. The second-order valence-corrected chi connectivity index (χ2v) is 4.72. The van der Waals surface area contributed by atoms with Crippen LogP contribution in [0.5, 0.6) is 0 Å². The van der Waals surface area contributed by atoms with Gasteiger partial charge in [0.05, 0.1) is 0 Å². The van der Waals surface area contributed by atoms with E-state index in [1.54, 1.807) is 0 Å². The van der Waals surface area contributed by atoms with Gasteiger partial charge in [-0.1, -0.05) is 0 Å². The van der Waals surface area contributed by atoms with Crippen LogP contribution in [0, 0.1) is 0 Å². The zero-order valence-electron chi connectivity index (χ0n) is 8.81. The molecule has 3 rings (SSSR count). The van der Waals surface area contributed by atoms with E-state index < -0.39 is 0 Å². The third-order valence-corrected chi connectivity index (χ3v) is 3.60. The van der Waals surface area contributed by atoms with Gasteiger partial charge in [-0.3, -0.25) is 4.79 Å². The van der Waals surface area contributed by atoms with Crippen LogP contribution in [-0.2, 0) is 12.8 Å². The molecule has 3 N–H and O–H groups in total. The van der Waals surface area contributed by atoms with Gasteiger partial charge in [0.15, 0.2) is 0 Å². The molecule has 0 radical (unpaired) electrons. The molecule has 0 unspecified atom stereocenters. The zero-order chi connectivity index (χ0) is 10.4. The van der Waals surface area contributed by atoms with Gasteiger partial charge in [-0.15, -0.1) is 0 Å². The molecule has 1 aromatic heterocycles. The van der Waals surface area contributed by atoms with Gasteiger partial charge >= 0.3 is 0 Å². The molecule has 15 heavy (non-hydrogen) atoms. The van der Waals surface area contributed by atoms with Crippen molar-refractivity contribution in [2.24, 2.45) is 0 Å². The fourth-order valence-electron chi connectivity index (χ4n) is 2.62. The van der Waals surface area contributed by atoms with Crippen LogP contribution in [0.1, 0.15) is 48.4 Å². The number of nitrogens with two attached hydrogens (primary N) is 1. The summed E-state index contributed by atoms with van der Waals surface area (Å²) in [5, 5.41) is 0.